The van der Waals surface area contributed by atoms with Gasteiger partial charge in [0.25, 0.3) is 5.91 Å². The Morgan fingerprint density at radius 2 is 1.68 bits per heavy atom. The van der Waals surface area contributed by atoms with Crippen molar-refractivity contribution in [1.29, 1.82) is 0 Å². The van der Waals surface area contributed by atoms with Crippen LogP contribution in [0.1, 0.15) is 53.6 Å². The molecule has 3 N–H and O–H groups in total. The first-order valence-corrected chi connectivity index (χ1v) is 10.0. The zero-order valence-corrected chi connectivity index (χ0v) is 16.7. The monoisotopic (exact) mass is 379 g/mol. The molecule has 1 aliphatic rings. The fraction of sp³-hybridized carbons (Fsp3) is 0.391. The largest absolute Gasteiger partial charge is 0.376 e. The van der Waals surface area contributed by atoms with E-state index in [1.807, 2.05) is 44.2 Å². The van der Waals surface area contributed by atoms with Gasteiger partial charge in [0, 0.05) is 23.0 Å². The molecule has 2 aromatic rings. The van der Waals surface area contributed by atoms with Crippen LogP contribution in [0.5, 0.6) is 0 Å². The number of nitrogens with one attached hydrogen (secondary N) is 3. The highest BCUT2D eigenvalue weighted by Gasteiger charge is 2.16. The number of anilines is 2. The highest BCUT2D eigenvalue weighted by atomic mass is 16.2. The highest BCUT2D eigenvalue weighted by molar-refractivity contribution is 5.95. The van der Waals surface area contributed by atoms with Crippen LogP contribution < -0.4 is 16.0 Å². The van der Waals surface area contributed by atoms with E-state index in [1.54, 1.807) is 12.1 Å². The Morgan fingerprint density at radius 1 is 0.964 bits per heavy atom. The maximum Gasteiger partial charge on any atom is 0.251 e. The molecule has 1 saturated carbocycles. The molecule has 1 aliphatic carbocycles. The molecule has 5 heteroatoms. The maximum atomic E-state index is 12.4. The van der Waals surface area contributed by atoms with Crippen molar-refractivity contribution < 1.29 is 9.59 Å². The van der Waals surface area contributed by atoms with Gasteiger partial charge in [0.15, 0.2) is 0 Å². The molecule has 0 aromatic heterocycles. The van der Waals surface area contributed by atoms with Crippen molar-refractivity contribution in [2.45, 2.75) is 52.0 Å². The normalized spacial score (nSPS) is 14.4. The van der Waals surface area contributed by atoms with Gasteiger partial charge in [-0.2, -0.15) is 0 Å². The number of hydrogen-bond donors (Lipinski definition) is 3. The van der Waals surface area contributed by atoms with Crippen LogP contribution in [-0.4, -0.2) is 24.4 Å². The summed E-state index contributed by atoms with van der Waals surface area (Å²) in [6.45, 7) is 4.14. The maximum absolute atomic E-state index is 12.4. The van der Waals surface area contributed by atoms with Crippen LogP contribution in [-0.2, 0) is 4.79 Å². The molecule has 1 fully saturated rings. The van der Waals surface area contributed by atoms with Gasteiger partial charge in [-0.1, -0.05) is 31.4 Å². The van der Waals surface area contributed by atoms with E-state index < -0.39 is 0 Å². The first-order chi connectivity index (χ1) is 13.5. The molecule has 0 radical (unpaired) electrons. The lowest BCUT2D eigenvalue weighted by Gasteiger charge is -2.22. The number of carbonyl (C=O) groups excluding carboxylic acids is 2. The van der Waals surface area contributed by atoms with Crippen molar-refractivity contribution in [3.63, 3.8) is 0 Å². The molecule has 148 valence electrons. The average Bonchev–Trinajstić information content (AvgIpc) is 2.70. The molecule has 0 unspecified atom stereocenters. The molecule has 28 heavy (non-hydrogen) atoms. The smallest absolute Gasteiger partial charge is 0.251 e. The lowest BCUT2D eigenvalue weighted by atomic mass is 9.95. The SMILES string of the molecule is Cc1ccc(C)c(NC(=O)CNc2ccc(C(=O)NC3CCCCC3)cc2)c1. The average molecular weight is 380 g/mol. The fourth-order valence-corrected chi connectivity index (χ4v) is 3.50. The molecule has 3 rings (SSSR count). The minimum absolute atomic E-state index is 0.0221. The van der Waals surface area contributed by atoms with Crippen molar-refractivity contribution >= 4 is 23.2 Å². The lowest BCUT2D eigenvalue weighted by molar-refractivity contribution is -0.114. The topological polar surface area (TPSA) is 70.2 Å². The number of benzene rings is 2. The highest BCUT2D eigenvalue weighted by Crippen LogP contribution is 2.19. The standard InChI is InChI=1S/C23H29N3O2/c1-16-8-9-17(2)21(14-16)26-22(27)15-24-19-12-10-18(11-13-19)23(28)25-20-6-4-3-5-7-20/h8-14,20,24H,3-7,15H2,1-2H3,(H,25,28)(H,26,27). The van der Waals surface area contributed by atoms with Gasteiger partial charge < -0.3 is 16.0 Å². The van der Waals surface area contributed by atoms with Gasteiger partial charge in [-0.3, -0.25) is 9.59 Å². The number of hydrogen-bond acceptors (Lipinski definition) is 3. The van der Waals surface area contributed by atoms with E-state index in [2.05, 4.69) is 16.0 Å². The van der Waals surface area contributed by atoms with E-state index in [9.17, 15) is 9.59 Å². The van der Waals surface area contributed by atoms with Gasteiger partial charge in [-0.25, -0.2) is 0 Å². The van der Waals surface area contributed by atoms with Crippen molar-refractivity contribution in [3.05, 3.63) is 59.2 Å². The zero-order chi connectivity index (χ0) is 19.9. The van der Waals surface area contributed by atoms with Crippen LogP contribution in [0, 0.1) is 13.8 Å². The Labute approximate surface area is 166 Å². The third-order valence-corrected chi connectivity index (χ3v) is 5.21. The second kappa shape index (κ2) is 9.40. The summed E-state index contributed by atoms with van der Waals surface area (Å²) in [7, 11) is 0. The van der Waals surface area contributed by atoms with Crippen molar-refractivity contribution in [3.8, 4) is 0 Å². The third-order valence-electron chi connectivity index (χ3n) is 5.21. The van der Waals surface area contributed by atoms with E-state index in [-0.39, 0.29) is 18.4 Å². The third kappa shape index (κ3) is 5.59. The Kier molecular flexibility index (Phi) is 6.69. The van der Waals surface area contributed by atoms with Crippen LogP contribution in [0.15, 0.2) is 42.5 Å². The predicted octanol–water partition coefficient (Wildman–Crippen LogP) is 4.42. The molecule has 0 aliphatic heterocycles. The van der Waals surface area contributed by atoms with Crippen molar-refractivity contribution in [2.24, 2.45) is 0 Å². The van der Waals surface area contributed by atoms with Crippen molar-refractivity contribution in [2.75, 3.05) is 17.2 Å². The van der Waals surface area contributed by atoms with Gasteiger partial charge in [-0.05, 0) is 68.1 Å². The van der Waals surface area contributed by atoms with E-state index in [0.717, 1.165) is 35.3 Å². The van der Waals surface area contributed by atoms with Crippen LogP contribution in [0.3, 0.4) is 0 Å². The Hall–Kier alpha value is -2.82. The minimum atomic E-state index is -0.104. The van der Waals surface area contributed by atoms with E-state index in [0.29, 0.717) is 11.6 Å². The number of carbonyl (C=O) groups is 2. The van der Waals surface area contributed by atoms with Crippen LogP contribution in [0.4, 0.5) is 11.4 Å². The van der Waals surface area contributed by atoms with E-state index in [1.165, 1.54) is 19.3 Å². The molecule has 2 amide bonds. The molecule has 0 heterocycles. The number of aryl methyl sites for hydroxylation is 2. The predicted molar refractivity (Wildman–Crippen MR) is 114 cm³/mol. The molecule has 0 saturated heterocycles. The van der Waals surface area contributed by atoms with Crippen molar-refractivity contribution in [1.82, 2.24) is 5.32 Å². The molecule has 5 nitrogen and oxygen atoms in total. The Bertz CT molecular complexity index is 824. The van der Waals surface area contributed by atoms with Crippen LogP contribution in [0.25, 0.3) is 0 Å². The molecular formula is C23H29N3O2. The summed E-state index contributed by atoms with van der Waals surface area (Å²) in [5.41, 5.74) is 4.44. The van der Waals surface area contributed by atoms with Gasteiger partial charge in [0.1, 0.15) is 0 Å². The summed E-state index contributed by atoms with van der Waals surface area (Å²) in [4.78, 5) is 24.6. The molecule has 0 spiro atoms. The lowest BCUT2D eigenvalue weighted by Crippen LogP contribution is -2.36. The summed E-state index contributed by atoms with van der Waals surface area (Å²) < 4.78 is 0. The fourth-order valence-electron chi connectivity index (χ4n) is 3.50. The van der Waals surface area contributed by atoms with Crippen LogP contribution >= 0.6 is 0 Å². The Balaban J connectivity index is 1.49. The van der Waals surface area contributed by atoms with Gasteiger partial charge in [-0.15, -0.1) is 0 Å². The quantitative estimate of drug-likeness (QED) is 0.696. The summed E-state index contributed by atoms with van der Waals surface area (Å²) in [6.07, 6.45) is 5.79. The van der Waals surface area contributed by atoms with Crippen LogP contribution in [0.2, 0.25) is 0 Å². The van der Waals surface area contributed by atoms with Gasteiger partial charge in [0.05, 0.1) is 6.54 Å². The zero-order valence-electron chi connectivity index (χ0n) is 16.7. The second-order valence-electron chi connectivity index (χ2n) is 7.61. The number of rotatable bonds is 6. The molecular weight excluding hydrogens is 350 g/mol. The first-order valence-electron chi connectivity index (χ1n) is 10.0. The van der Waals surface area contributed by atoms with E-state index >= 15 is 0 Å². The summed E-state index contributed by atoms with van der Waals surface area (Å²) in [6, 6.07) is 13.5. The molecule has 2 aromatic carbocycles. The van der Waals surface area contributed by atoms with Gasteiger partial charge >= 0.3 is 0 Å². The molecule has 0 atom stereocenters. The Morgan fingerprint density at radius 3 is 2.39 bits per heavy atom. The first kappa shape index (κ1) is 19.9. The summed E-state index contributed by atoms with van der Waals surface area (Å²) in [5, 5.41) is 9.15. The molecule has 0 bridgehead atoms. The van der Waals surface area contributed by atoms with Gasteiger partial charge in [0.2, 0.25) is 5.91 Å². The number of amides is 2. The summed E-state index contributed by atoms with van der Waals surface area (Å²) in [5.74, 6) is -0.126. The second-order valence-corrected chi connectivity index (χ2v) is 7.61. The summed E-state index contributed by atoms with van der Waals surface area (Å²) >= 11 is 0. The minimum Gasteiger partial charge on any atom is -0.376 e. The van der Waals surface area contributed by atoms with E-state index in [4.69, 9.17) is 0 Å².